The topological polar surface area (TPSA) is 67.9 Å². The minimum absolute atomic E-state index is 0.00912. The second-order valence-electron chi connectivity index (χ2n) is 5.17. The number of hydrogen-bond donors (Lipinski definition) is 1. The van der Waals surface area contributed by atoms with E-state index in [0.29, 0.717) is 30.1 Å². The lowest BCUT2D eigenvalue weighted by Gasteiger charge is -2.13. The van der Waals surface area contributed by atoms with Crippen LogP contribution in [0.4, 0.5) is 25.0 Å². The molecule has 0 unspecified atom stereocenters. The lowest BCUT2D eigenvalue weighted by Crippen LogP contribution is -2.23. The lowest BCUT2D eigenvalue weighted by molar-refractivity contribution is -0.0498. The van der Waals surface area contributed by atoms with Crippen molar-refractivity contribution in [2.45, 2.75) is 6.61 Å². The number of anilines is 2. The third kappa shape index (κ3) is 4.03. The minimum atomic E-state index is -2.90. The Labute approximate surface area is 141 Å². The van der Waals surface area contributed by atoms with E-state index in [4.69, 9.17) is 4.74 Å². The number of cyclic esters (lactones) is 1. The van der Waals surface area contributed by atoms with Gasteiger partial charge in [-0.2, -0.15) is 8.78 Å². The molecule has 0 saturated carbocycles. The molecule has 0 spiro atoms. The Morgan fingerprint density at radius 3 is 2.36 bits per heavy atom. The van der Waals surface area contributed by atoms with Gasteiger partial charge in [-0.05, 0) is 48.5 Å². The van der Waals surface area contributed by atoms with Crippen LogP contribution in [0.1, 0.15) is 10.4 Å². The maximum atomic E-state index is 12.2. The number of rotatable bonds is 5. The normalized spacial score (nSPS) is 13.7. The molecule has 0 aliphatic carbocycles. The first-order chi connectivity index (χ1) is 12.0. The first kappa shape index (κ1) is 16.7. The zero-order valence-electron chi connectivity index (χ0n) is 12.9. The summed E-state index contributed by atoms with van der Waals surface area (Å²) in [6, 6.07) is 12.1. The van der Waals surface area contributed by atoms with Crippen LogP contribution in [0.15, 0.2) is 48.5 Å². The van der Waals surface area contributed by atoms with Gasteiger partial charge in [0, 0.05) is 16.9 Å². The van der Waals surface area contributed by atoms with Gasteiger partial charge in [0.25, 0.3) is 5.91 Å². The van der Waals surface area contributed by atoms with E-state index in [2.05, 4.69) is 10.1 Å². The molecule has 2 aromatic carbocycles. The highest BCUT2D eigenvalue weighted by Gasteiger charge is 2.23. The van der Waals surface area contributed by atoms with Crippen LogP contribution < -0.4 is 15.0 Å². The molecule has 0 atom stereocenters. The standard InChI is InChI=1S/C17H14F2N2O4/c18-16(19)25-14-7-3-12(4-8-14)20-15(22)11-1-5-13(6-2-11)21-9-10-24-17(21)23/h1-8,16H,9-10H2,(H,20,22). The maximum Gasteiger partial charge on any atom is 0.414 e. The Morgan fingerprint density at radius 2 is 1.80 bits per heavy atom. The van der Waals surface area contributed by atoms with Crippen LogP contribution >= 0.6 is 0 Å². The molecule has 6 nitrogen and oxygen atoms in total. The molecule has 1 fully saturated rings. The van der Waals surface area contributed by atoms with Crippen LogP contribution in [0.25, 0.3) is 0 Å². The summed E-state index contributed by atoms with van der Waals surface area (Å²) in [5, 5.41) is 2.65. The molecule has 1 saturated heterocycles. The summed E-state index contributed by atoms with van der Waals surface area (Å²) < 4.78 is 33.3. The number of ether oxygens (including phenoxy) is 2. The molecule has 1 aliphatic heterocycles. The summed E-state index contributed by atoms with van der Waals surface area (Å²) >= 11 is 0. The molecule has 1 aliphatic rings. The molecule has 1 heterocycles. The molecule has 25 heavy (non-hydrogen) atoms. The van der Waals surface area contributed by atoms with Gasteiger partial charge in [0.1, 0.15) is 12.4 Å². The number of alkyl halides is 2. The van der Waals surface area contributed by atoms with Crippen LogP contribution in [0, 0.1) is 0 Å². The van der Waals surface area contributed by atoms with Crippen molar-refractivity contribution in [1.29, 1.82) is 0 Å². The van der Waals surface area contributed by atoms with E-state index < -0.39 is 12.7 Å². The molecular weight excluding hydrogens is 334 g/mol. The van der Waals surface area contributed by atoms with Crippen LogP contribution in [-0.4, -0.2) is 31.8 Å². The van der Waals surface area contributed by atoms with Gasteiger partial charge < -0.3 is 14.8 Å². The molecular formula is C17H14F2N2O4. The van der Waals surface area contributed by atoms with E-state index in [1.165, 1.54) is 29.2 Å². The second-order valence-corrected chi connectivity index (χ2v) is 5.17. The summed E-state index contributed by atoms with van der Waals surface area (Å²) in [5.41, 5.74) is 1.48. The molecule has 0 aromatic heterocycles. The summed E-state index contributed by atoms with van der Waals surface area (Å²) in [6.07, 6.45) is -0.414. The molecule has 0 radical (unpaired) electrons. The average molecular weight is 348 g/mol. The zero-order valence-corrected chi connectivity index (χ0v) is 12.9. The van der Waals surface area contributed by atoms with E-state index >= 15 is 0 Å². The first-order valence-electron chi connectivity index (χ1n) is 7.43. The Bertz CT molecular complexity index is 763. The molecule has 1 N–H and O–H groups in total. The van der Waals surface area contributed by atoms with Gasteiger partial charge in [0.15, 0.2) is 0 Å². The fraction of sp³-hybridized carbons (Fsp3) is 0.176. The van der Waals surface area contributed by atoms with E-state index in [-0.39, 0.29) is 11.7 Å². The lowest BCUT2D eigenvalue weighted by atomic mass is 10.1. The van der Waals surface area contributed by atoms with Gasteiger partial charge in [0.05, 0.1) is 6.54 Å². The summed E-state index contributed by atoms with van der Waals surface area (Å²) in [5.74, 6) is -0.354. The Balaban J connectivity index is 1.64. The van der Waals surface area contributed by atoms with Crippen molar-refractivity contribution in [2.24, 2.45) is 0 Å². The Hall–Kier alpha value is -3.16. The van der Waals surface area contributed by atoms with Gasteiger partial charge in [0.2, 0.25) is 0 Å². The smallest absolute Gasteiger partial charge is 0.414 e. The quantitative estimate of drug-likeness (QED) is 0.898. The second kappa shape index (κ2) is 7.16. The summed E-state index contributed by atoms with van der Waals surface area (Å²) in [6.45, 7) is -2.09. The average Bonchev–Trinajstić information content (AvgIpc) is 3.02. The fourth-order valence-electron chi connectivity index (χ4n) is 2.34. The fourth-order valence-corrected chi connectivity index (χ4v) is 2.34. The highest BCUT2D eigenvalue weighted by molar-refractivity contribution is 6.04. The molecule has 130 valence electrons. The molecule has 8 heteroatoms. The summed E-state index contributed by atoms with van der Waals surface area (Å²) in [7, 11) is 0. The van der Waals surface area contributed by atoms with Crippen molar-refractivity contribution in [1.82, 2.24) is 0 Å². The zero-order chi connectivity index (χ0) is 17.8. The van der Waals surface area contributed by atoms with Gasteiger partial charge in [-0.15, -0.1) is 0 Å². The van der Waals surface area contributed by atoms with E-state index in [9.17, 15) is 18.4 Å². The number of benzene rings is 2. The van der Waals surface area contributed by atoms with Gasteiger partial charge in [-0.1, -0.05) is 0 Å². The number of nitrogens with zero attached hydrogens (tertiary/aromatic N) is 1. The molecule has 2 amide bonds. The van der Waals surface area contributed by atoms with Crippen LogP contribution in [0.5, 0.6) is 5.75 Å². The van der Waals surface area contributed by atoms with E-state index in [0.717, 1.165) is 0 Å². The first-order valence-corrected chi connectivity index (χ1v) is 7.43. The number of nitrogens with one attached hydrogen (secondary N) is 1. The number of hydrogen-bond acceptors (Lipinski definition) is 4. The number of halogens is 2. The van der Waals surface area contributed by atoms with Crippen LogP contribution in [0.3, 0.4) is 0 Å². The molecule has 0 bridgehead atoms. The van der Waals surface area contributed by atoms with Crippen molar-refractivity contribution in [3.8, 4) is 5.75 Å². The highest BCUT2D eigenvalue weighted by atomic mass is 19.3. The Morgan fingerprint density at radius 1 is 1.12 bits per heavy atom. The number of carbonyl (C=O) groups is 2. The van der Waals surface area contributed by atoms with Crippen molar-refractivity contribution in [2.75, 3.05) is 23.4 Å². The summed E-state index contributed by atoms with van der Waals surface area (Å²) in [4.78, 5) is 25.2. The monoisotopic (exact) mass is 348 g/mol. The van der Waals surface area contributed by atoms with E-state index in [1.807, 2.05) is 0 Å². The van der Waals surface area contributed by atoms with Crippen LogP contribution in [0.2, 0.25) is 0 Å². The van der Waals surface area contributed by atoms with Crippen molar-refractivity contribution in [3.63, 3.8) is 0 Å². The third-order valence-electron chi connectivity index (χ3n) is 3.54. The van der Waals surface area contributed by atoms with Gasteiger partial charge in [-0.3, -0.25) is 9.69 Å². The predicted octanol–water partition coefficient (Wildman–Crippen LogP) is 3.50. The maximum absolute atomic E-state index is 12.2. The van der Waals surface area contributed by atoms with Gasteiger partial charge in [-0.25, -0.2) is 4.79 Å². The van der Waals surface area contributed by atoms with Crippen LogP contribution in [-0.2, 0) is 4.74 Å². The minimum Gasteiger partial charge on any atom is -0.447 e. The predicted molar refractivity (Wildman–Crippen MR) is 86.2 cm³/mol. The van der Waals surface area contributed by atoms with Crippen molar-refractivity contribution < 1.29 is 27.8 Å². The van der Waals surface area contributed by atoms with Gasteiger partial charge >= 0.3 is 12.7 Å². The van der Waals surface area contributed by atoms with E-state index in [1.54, 1.807) is 24.3 Å². The largest absolute Gasteiger partial charge is 0.447 e. The van der Waals surface area contributed by atoms with Crippen molar-refractivity contribution in [3.05, 3.63) is 54.1 Å². The molecule has 3 rings (SSSR count). The highest BCUT2D eigenvalue weighted by Crippen LogP contribution is 2.21. The van der Waals surface area contributed by atoms with Crippen molar-refractivity contribution >= 4 is 23.4 Å². The SMILES string of the molecule is O=C(Nc1ccc(OC(F)F)cc1)c1ccc(N2CCOC2=O)cc1. The number of amides is 2. The molecule has 2 aromatic rings. The third-order valence-corrected chi connectivity index (χ3v) is 3.54. The number of carbonyl (C=O) groups excluding carboxylic acids is 2. The Kier molecular flexibility index (Phi) is 4.78.